The predicted molar refractivity (Wildman–Crippen MR) is 372 cm³/mol. The molecule has 0 aliphatic carbocycles. The van der Waals surface area contributed by atoms with Gasteiger partial charge in [0.1, 0.15) is 79.9 Å². The first-order valence-corrected chi connectivity index (χ1v) is 34.3. The Balaban J connectivity index is 0.00000114. The van der Waals surface area contributed by atoms with Gasteiger partial charge in [-0.2, -0.15) is 25.3 Å². The number of esters is 1. The van der Waals surface area contributed by atoms with Crippen molar-refractivity contribution in [2.24, 2.45) is 5.92 Å². The summed E-state index contributed by atoms with van der Waals surface area (Å²) in [5, 5.41) is 36.7. The Hall–Kier alpha value is -4.44. The highest BCUT2D eigenvalue weighted by Crippen LogP contribution is 2.36. The number of aliphatic hydroxyl groups is 4. The van der Waals surface area contributed by atoms with Crippen molar-refractivity contribution in [2.45, 2.75) is 212 Å². The molecule has 0 spiro atoms. The second-order valence-corrected chi connectivity index (χ2v) is 27.9. The van der Waals surface area contributed by atoms with E-state index in [2.05, 4.69) is 15.9 Å². The molecule has 27 heteroatoms. The van der Waals surface area contributed by atoms with Gasteiger partial charge in [-0.1, -0.05) is 189 Å². The van der Waals surface area contributed by atoms with Crippen LogP contribution in [0.3, 0.4) is 0 Å². The first-order valence-electron chi connectivity index (χ1n) is 29.1. The number of aliphatic hydroxyl groups excluding tert-OH is 4. The number of carbonyl (C=O) groups is 1. The molecule has 6 fully saturated rings. The van der Waals surface area contributed by atoms with Crippen LogP contribution < -0.4 is 0 Å². The Kier molecular flexibility index (Phi) is 41.3. The highest BCUT2D eigenvalue weighted by molar-refractivity contribution is 9.09. The normalized spacial score (nSPS) is 27.3. The third kappa shape index (κ3) is 26.3. The van der Waals surface area contributed by atoms with E-state index in [-0.39, 0.29) is 159 Å². The Morgan fingerprint density at radius 3 is 1.34 bits per heavy atom. The lowest BCUT2D eigenvalue weighted by Crippen LogP contribution is -2.33. The first-order chi connectivity index (χ1) is 42.4. The Morgan fingerprint density at radius 2 is 0.927 bits per heavy atom. The molecule has 23 nitrogen and oxygen atoms in total. The number of hydrogen-bond donors (Lipinski definition) is 4. The molecule has 0 saturated carbocycles. The van der Waals surface area contributed by atoms with Gasteiger partial charge in [0.15, 0.2) is 0 Å². The fourth-order valence-corrected chi connectivity index (χ4v) is 13.8. The zero-order valence-electron chi connectivity index (χ0n) is 50.3. The molecule has 0 radical (unpaired) electrons. The number of fused-ring (bicyclic) bond motifs is 3. The van der Waals surface area contributed by atoms with Crippen LogP contribution in [0.15, 0.2) is 142 Å². The lowest BCUT2D eigenvalue weighted by Gasteiger charge is -2.20. The summed E-state index contributed by atoms with van der Waals surface area (Å²) in [4.78, 5) is 10.9. The maximum absolute atomic E-state index is 12.2. The fourth-order valence-electron chi connectivity index (χ4n) is 9.94. The Morgan fingerprint density at radius 1 is 0.531 bits per heavy atom. The fraction of sp³-hybridized carbons (Fsp3) is 0.580. The third-order valence-corrected chi connectivity index (χ3v) is 19.8. The van der Waals surface area contributed by atoms with Gasteiger partial charge in [0.25, 0.3) is 30.4 Å². The molecule has 96 heavy (non-hydrogen) atoms. The Labute approximate surface area is 581 Å². The van der Waals surface area contributed by atoms with Crippen molar-refractivity contribution in [3.05, 3.63) is 150 Å². The van der Waals surface area contributed by atoms with E-state index in [1.54, 1.807) is 72.8 Å². The maximum atomic E-state index is 12.2. The van der Waals surface area contributed by atoms with E-state index in [9.17, 15) is 40.3 Å². The molecule has 4 N–H and O–H groups in total. The van der Waals surface area contributed by atoms with E-state index in [0.29, 0.717) is 33.0 Å². The van der Waals surface area contributed by atoms with Gasteiger partial charge < -0.3 is 63.1 Å². The summed E-state index contributed by atoms with van der Waals surface area (Å²) in [6, 6.07) is 29.1. The molecule has 16 atom stereocenters. The van der Waals surface area contributed by atoms with Crippen LogP contribution >= 0.6 is 15.9 Å². The van der Waals surface area contributed by atoms with Crippen molar-refractivity contribution in [3.63, 3.8) is 0 Å². The third-order valence-electron chi connectivity index (χ3n) is 14.9. The van der Waals surface area contributed by atoms with Crippen LogP contribution in [-0.2, 0) is 96.9 Å². The van der Waals surface area contributed by atoms with Crippen molar-refractivity contribution in [2.75, 3.05) is 59.5 Å². The Bertz CT molecular complexity index is 3110. The molecule has 12 rings (SSSR count). The number of alkyl halides is 1. The van der Waals surface area contributed by atoms with Crippen molar-refractivity contribution in [1.29, 1.82) is 0 Å². The molecule has 548 valence electrons. The van der Waals surface area contributed by atoms with Gasteiger partial charge in [-0.3, -0.25) is 17.3 Å². The van der Waals surface area contributed by atoms with Crippen LogP contribution in [-0.4, -0.2) is 201 Å². The summed E-state index contributed by atoms with van der Waals surface area (Å²) >= 11 is 3.45. The number of halogens is 1. The summed E-state index contributed by atoms with van der Waals surface area (Å²) in [7, 11) is -11.5. The van der Waals surface area contributed by atoms with Crippen LogP contribution in [0, 0.1) is 26.7 Å². The van der Waals surface area contributed by atoms with E-state index in [1.165, 1.54) is 19.1 Å². The molecule has 8 aliphatic rings. The van der Waals surface area contributed by atoms with Crippen molar-refractivity contribution in [1.82, 2.24) is 0 Å². The minimum atomic E-state index is -3.90. The summed E-state index contributed by atoms with van der Waals surface area (Å²) in [6.07, 6.45) is 2.55. The van der Waals surface area contributed by atoms with E-state index >= 15 is 0 Å². The molecule has 8 heterocycles. The lowest BCUT2D eigenvalue weighted by atomic mass is 10.0. The van der Waals surface area contributed by atoms with Crippen molar-refractivity contribution < 1.29 is 106 Å². The molecule has 0 amide bonds. The molecule has 0 aromatic heterocycles. The quantitative estimate of drug-likeness (QED) is 0.0372. The molecule has 8 aliphatic heterocycles. The summed E-state index contributed by atoms with van der Waals surface area (Å²) in [5.41, 5.74) is 3.97. The average Bonchev–Trinajstić information content (AvgIpc) is 1.63. The van der Waals surface area contributed by atoms with Gasteiger partial charge in [-0.25, -0.2) is 0 Å². The van der Waals surface area contributed by atoms with E-state index in [0.717, 1.165) is 28.7 Å². The summed E-state index contributed by atoms with van der Waals surface area (Å²) in [5.74, 6) is 0.0320. The molecular weight excluding hydrogens is 1370 g/mol. The number of aryl methyl sites for hydroxylation is 3. The van der Waals surface area contributed by atoms with Crippen LogP contribution in [0.25, 0.3) is 0 Å². The van der Waals surface area contributed by atoms with E-state index < -0.39 is 73.6 Å². The standard InChI is InChI=1S/C14H18O5S.C13H15BrO5S.C13H16O5S.C9H10O2.C7H12O2.C6H10O4.7CH4/c1-9-3-5-11(6-4-9)20(15,16)19-12-8-18-13-10(2)7-17-14(12)13;1-8-2-4-9(5-3-8)20(15,16)19-11-7-18-12-10(14)6-17-13(11)12;1-10-4-6-11(7-5-10)19(15,16)18-13(9-14)12-3-2-8-17-12;1-8(10)11-7-9-5-3-2-4-6-9;1-2-6(8)7-4-3-5-9-7;7-3-1-9-6-4(8)2-10-5(3)6;;;;;;;/h3-6,10,12-14H,7-8H2,1-2H3;2-5,10-13H,6-7H2,1H3;2-7,12-14H,8-9H2,1H3;2-6H,7H2,1H3;3-4,6-8H,2,5H2,1H3;3-8H,1-2H2;7*1H4/t10-,12+,13-,14-;10-,11-,12+,13+;12-,13-;;6-,7+;3-,4+,5-,6-;;;;;;;/m100.11......./s1. The van der Waals surface area contributed by atoms with Crippen LogP contribution in [0.2, 0.25) is 0 Å². The van der Waals surface area contributed by atoms with E-state index in [1.807, 2.05) is 77.1 Å². The second-order valence-electron chi connectivity index (χ2n) is 22.0. The zero-order valence-corrected chi connectivity index (χ0v) is 54.3. The average molecular weight is 1480 g/mol. The van der Waals surface area contributed by atoms with Gasteiger partial charge in [0.05, 0.1) is 91.2 Å². The molecule has 4 aromatic rings. The minimum Gasteiger partial charge on any atom is -0.461 e. The van der Waals surface area contributed by atoms with Gasteiger partial charge in [0, 0.05) is 12.8 Å². The lowest BCUT2D eigenvalue weighted by molar-refractivity contribution is -0.142. The van der Waals surface area contributed by atoms with Gasteiger partial charge in [-0.05, 0) is 69.2 Å². The molecule has 0 unspecified atom stereocenters. The number of benzene rings is 4. The molecular formula is C69H109BrO23S3. The van der Waals surface area contributed by atoms with E-state index in [4.69, 9.17) is 65.4 Å². The highest BCUT2D eigenvalue weighted by atomic mass is 79.9. The first kappa shape index (κ1) is 91.6. The summed E-state index contributed by atoms with van der Waals surface area (Å²) < 4.78 is 136. The molecule has 0 bridgehead atoms. The predicted octanol–water partition coefficient (Wildman–Crippen LogP) is 9.57. The topological polar surface area (TPSA) is 311 Å². The van der Waals surface area contributed by atoms with Gasteiger partial charge >= 0.3 is 5.97 Å². The second kappa shape index (κ2) is 43.3. The molecule has 4 aromatic carbocycles. The van der Waals surface area contributed by atoms with Crippen molar-refractivity contribution >= 4 is 52.3 Å². The number of ether oxygens (including phenoxy) is 9. The smallest absolute Gasteiger partial charge is 0.302 e. The number of hydrogen-bond acceptors (Lipinski definition) is 23. The van der Waals surface area contributed by atoms with Crippen LogP contribution in [0.1, 0.15) is 101 Å². The van der Waals surface area contributed by atoms with Gasteiger partial charge in [-0.15, -0.1) is 0 Å². The SMILES string of the molecule is C.C.C.C.C.C.C.CC(=O)OCc1ccccc1.CC[C@@H](O)[C@@H]1C=CCO1.Cc1ccc(S(=O)(=O)O[C@@H](CO)[C@@H]2C=CCO2)cc1.Cc1ccc(S(=O)(=O)O[C@H]2CO[C@H]3[C@@H]2OC[C@@H]3Br)cc1.Cc1ccc(S(=O)(=O)O[C@H]2CO[C@H]3[C@@H]2OC[C@H]3C)cc1.O[C@@H]1CO[C@H]2[C@@H]1OC[C@@H]2O. The maximum Gasteiger partial charge on any atom is 0.302 e. The van der Waals surface area contributed by atoms with Crippen LogP contribution in [0.4, 0.5) is 0 Å². The monoisotopic (exact) mass is 1480 g/mol. The number of carbonyl (C=O) groups excluding carboxylic acids is 1. The minimum absolute atomic E-state index is 0. The zero-order chi connectivity index (χ0) is 64.5. The molecule has 6 saturated heterocycles. The van der Waals surface area contributed by atoms with Gasteiger partial charge in [0.2, 0.25) is 0 Å². The van der Waals surface area contributed by atoms with Crippen molar-refractivity contribution in [3.8, 4) is 0 Å². The summed E-state index contributed by atoms with van der Waals surface area (Å²) in [6.45, 7) is 14.2. The van der Waals surface area contributed by atoms with Crippen LogP contribution in [0.5, 0.6) is 0 Å². The number of rotatable bonds is 15. The highest BCUT2D eigenvalue weighted by Gasteiger charge is 2.50. The largest absolute Gasteiger partial charge is 0.461 e.